The van der Waals surface area contributed by atoms with Crippen molar-refractivity contribution in [2.75, 3.05) is 13.7 Å². The maximum Gasteiger partial charge on any atom is 0.311 e. The number of aliphatic hydroxyl groups excluding tert-OH is 1. The van der Waals surface area contributed by atoms with Crippen molar-refractivity contribution in [3.05, 3.63) is 54.1 Å². The van der Waals surface area contributed by atoms with Gasteiger partial charge in [0.05, 0.1) is 18.6 Å². The standard InChI is InChI=1S/C13H12FN.C10H23N.C6H10O3.H2O.H2/c1-2-13-7-6-11(9-15-13)10-4-3-5-12(14)8-10;1-6-7-10(11-5)9(4)8(2)3;1-4-2-5(3-7)6(8)9-4;;/h3-9H,2H2,1H3;8-11H,6-7H2,1-5H3;4-5,7H,2-3H2,1H3;1H2;1H/t;9-,10-;4-,5?;;/m.11../s1. The quantitative estimate of drug-likeness (QED) is 0.460. The first-order valence-electron chi connectivity index (χ1n) is 12.9. The van der Waals surface area contributed by atoms with E-state index in [1.165, 1.54) is 25.0 Å². The highest BCUT2D eigenvalue weighted by molar-refractivity contribution is 5.74. The maximum absolute atomic E-state index is 13.0. The van der Waals surface area contributed by atoms with E-state index in [0.717, 1.165) is 35.1 Å². The van der Waals surface area contributed by atoms with Gasteiger partial charge < -0.3 is 20.6 Å². The van der Waals surface area contributed by atoms with E-state index in [2.05, 4.69) is 52.0 Å². The molecule has 1 aliphatic heterocycles. The Morgan fingerprint density at radius 1 is 1.19 bits per heavy atom. The first-order valence-corrected chi connectivity index (χ1v) is 12.9. The molecule has 1 aromatic heterocycles. The summed E-state index contributed by atoms with van der Waals surface area (Å²) < 4.78 is 17.7. The molecular formula is C29H49FN2O4. The fraction of sp³-hybridized carbons (Fsp3) is 0.586. The molecule has 0 spiro atoms. The summed E-state index contributed by atoms with van der Waals surface area (Å²) in [5, 5.41) is 11.9. The third-order valence-electron chi connectivity index (χ3n) is 6.49. The Kier molecular flexibility index (Phi) is 16.8. The van der Waals surface area contributed by atoms with Crippen LogP contribution >= 0.6 is 0 Å². The van der Waals surface area contributed by atoms with Gasteiger partial charge in [-0.05, 0) is 68.8 Å². The minimum Gasteiger partial charge on any atom is -0.462 e. The Balaban J connectivity index is 0. The number of nitrogens with one attached hydrogen (secondary N) is 1. The molecule has 0 bridgehead atoms. The van der Waals surface area contributed by atoms with Crippen LogP contribution in [0.1, 0.15) is 67.9 Å². The number of pyridine rings is 1. The van der Waals surface area contributed by atoms with Gasteiger partial charge >= 0.3 is 5.97 Å². The number of cyclic esters (lactones) is 1. The van der Waals surface area contributed by atoms with Crippen LogP contribution in [0.25, 0.3) is 11.1 Å². The van der Waals surface area contributed by atoms with E-state index in [0.29, 0.717) is 12.5 Å². The molecule has 0 saturated carbocycles. The number of hydrogen-bond acceptors (Lipinski definition) is 5. The number of aryl methyl sites for hydroxylation is 1. The van der Waals surface area contributed by atoms with Crippen LogP contribution in [0.4, 0.5) is 4.39 Å². The monoisotopic (exact) mass is 508 g/mol. The summed E-state index contributed by atoms with van der Waals surface area (Å²) in [5.74, 6) is 0.844. The highest BCUT2D eigenvalue weighted by Gasteiger charge is 2.30. The molecule has 1 aromatic carbocycles. The maximum atomic E-state index is 13.0. The van der Waals surface area contributed by atoms with Gasteiger partial charge in [-0.15, -0.1) is 0 Å². The highest BCUT2D eigenvalue weighted by atomic mass is 19.1. The molecule has 0 aliphatic carbocycles. The van der Waals surface area contributed by atoms with E-state index in [1.807, 2.05) is 25.1 Å². The molecule has 4 atom stereocenters. The van der Waals surface area contributed by atoms with E-state index < -0.39 is 0 Å². The minimum atomic E-state index is -0.264. The van der Waals surface area contributed by atoms with E-state index >= 15 is 0 Å². The molecule has 1 aliphatic rings. The first-order chi connectivity index (χ1) is 16.7. The fourth-order valence-electron chi connectivity index (χ4n) is 3.91. The van der Waals surface area contributed by atoms with Crippen molar-refractivity contribution in [1.82, 2.24) is 10.3 Å². The van der Waals surface area contributed by atoms with Crippen molar-refractivity contribution in [1.29, 1.82) is 0 Å². The van der Waals surface area contributed by atoms with Crippen LogP contribution in [-0.2, 0) is 16.0 Å². The second kappa shape index (κ2) is 18.0. The van der Waals surface area contributed by atoms with Crippen LogP contribution in [0, 0.1) is 23.6 Å². The molecule has 0 radical (unpaired) electrons. The van der Waals surface area contributed by atoms with E-state index in [9.17, 15) is 9.18 Å². The number of nitrogens with zero attached hydrogens (tertiary/aromatic N) is 1. The van der Waals surface area contributed by atoms with Crippen LogP contribution in [-0.4, -0.2) is 47.3 Å². The molecule has 1 fully saturated rings. The number of aliphatic hydroxyl groups is 1. The summed E-state index contributed by atoms with van der Waals surface area (Å²) in [6.45, 7) is 13.0. The zero-order valence-corrected chi connectivity index (χ0v) is 23.1. The van der Waals surface area contributed by atoms with Crippen LogP contribution < -0.4 is 5.32 Å². The predicted molar refractivity (Wildman–Crippen MR) is 147 cm³/mol. The molecule has 4 N–H and O–H groups in total. The molecule has 36 heavy (non-hydrogen) atoms. The second-order valence-corrected chi connectivity index (χ2v) is 9.55. The lowest BCUT2D eigenvalue weighted by atomic mass is 9.88. The van der Waals surface area contributed by atoms with Crippen LogP contribution in [0.5, 0.6) is 0 Å². The lowest BCUT2D eigenvalue weighted by Gasteiger charge is -2.26. The van der Waals surface area contributed by atoms with Gasteiger partial charge in [0.1, 0.15) is 5.82 Å². The van der Waals surface area contributed by atoms with Crippen molar-refractivity contribution < 1.29 is 25.9 Å². The zero-order valence-electron chi connectivity index (χ0n) is 23.1. The van der Waals surface area contributed by atoms with Crippen molar-refractivity contribution in [3.8, 4) is 11.1 Å². The van der Waals surface area contributed by atoms with Gasteiger partial charge in [-0.1, -0.05) is 59.2 Å². The average molecular weight is 509 g/mol. The molecular weight excluding hydrogens is 459 g/mol. The largest absolute Gasteiger partial charge is 0.462 e. The van der Waals surface area contributed by atoms with Crippen LogP contribution in [0.15, 0.2) is 42.6 Å². The lowest BCUT2D eigenvalue weighted by molar-refractivity contribution is -0.144. The number of carbonyl (C=O) groups is 1. The molecule has 206 valence electrons. The van der Waals surface area contributed by atoms with Crippen molar-refractivity contribution >= 4 is 5.97 Å². The molecule has 2 heterocycles. The minimum absolute atomic E-state index is 0. The zero-order chi connectivity index (χ0) is 26.4. The van der Waals surface area contributed by atoms with E-state index in [1.54, 1.807) is 12.3 Å². The molecule has 6 nitrogen and oxygen atoms in total. The Morgan fingerprint density at radius 3 is 2.28 bits per heavy atom. The lowest BCUT2D eigenvalue weighted by Crippen LogP contribution is -2.34. The third kappa shape index (κ3) is 11.6. The number of aromatic nitrogens is 1. The third-order valence-corrected chi connectivity index (χ3v) is 6.49. The number of hydrogen-bond donors (Lipinski definition) is 2. The number of rotatable bonds is 8. The van der Waals surface area contributed by atoms with Crippen molar-refractivity contribution in [3.63, 3.8) is 0 Å². The Hall–Kier alpha value is -2.35. The molecule has 1 unspecified atom stereocenters. The van der Waals surface area contributed by atoms with Gasteiger partial charge in [0.2, 0.25) is 0 Å². The number of esters is 1. The summed E-state index contributed by atoms with van der Waals surface area (Å²) in [6, 6.07) is 11.2. The van der Waals surface area contributed by atoms with Crippen molar-refractivity contribution in [2.45, 2.75) is 79.4 Å². The predicted octanol–water partition coefficient (Wildman–Crippen LogP) is 5.47. The van der Waals surface area contributed by atoms with Crippen LogP contribution in [0.3, 0.4) is 0 Å². The Morgan fingerprint density at radius 2 is 1.89 bits per heavy atom. The topological polar surface area (TPSA) is 103 Å². The smallest absolute Gasteiger partial charge is 0.311 e. The first kappa shape index (κ1) is 33.7. The Labute approximate surface area is 218 Å². The SMILES string of the molecule is CCC[C@@H](NC)[C@H](C)C(C)C.CCc1ccc(-c2cccc(F)c2)cn1.C[C@@H]1CC(CO)C(=O)O1.O.[HH]. The molecule has 3 rings (SSSR count). The van der Waals surface area contributed by atoms with E-state index in [-0.39, 0.29) is 37.3 Å². The molecule has 1 saturated heterocycles. The van der Waals surface area contributed by atoms with Gasteiger partial charge in [0.15, 0.2) is 0 Å². The summed E-state index contributed by atoms with van der Waals surface area (Å²) in [6.07, 6.45) is 5.94. The normalized spacial score (nSPS) is 18.1. The highest BCUT2D eigenvalue weighted by Crippen LogP contribution is 2.20. The average Bonchev–Trinajstić information content (AvgIpc) is 3.19. The number of ether oxygens (including phenoxy) is 1. The fourth-order valence-corrected chi connectivity index (χ4v) is 3.91. The van der Waals surface area contributed by atoms with Gasteiger partial charge in [-0.3, -0.25) is 9.78 Å². The van der Waals surface area contributed by atoms with Gasteiger partial charge in [-0.2, -0.15) is 0 Å². The number of halogens is 1. The van der Waals surface area contributed by atoms with Crippen molar-refractivity contribution in [2.24, 2.45) is 17.8 Å². The number of carbonyl (C=O) groups excluding carboxylic acids is 1. The summed E-state index contributed by atoms with van der Waals surface area (Å²) in [7, 11) is 2.07. The van der Waals surface area contributed by atoms with Gasteiger partial charge in [-0.25, -0.2) is 4.39 Å². The summed E-state index contributed by atoms with van der Waals surface area (Å²) in [5.41, 5.74) is 2.87. The summed E-state index contributed by atoms with van der Waals surface area (Å²) in [4.78, 5) is 14.9. The van der Waals surface area contributed by atoms with Crippen LogP contribution in [0.2, 0.25) is 0 Å². The van der Waals surface area contributed by atoms with E-state index in [4.69, 9.17) is 9.84 Å². The molecule has 0 amide bonds. The molecule has 2 aromatic rings. The Bertz CT molecular complexity index is 867. The second-order valence-electron chi connectivity index (χ2n) is 9.55. The summed E-state index contributed by atoms with van der Waals surface area (Å²) >= 11 is 0. The molecule has 7 heteroatoms. The van der Waals surface area contributed by atoms with Gasteiger partial charge in [0, 0.05) is 24.9 Å². The van der Waals surface area contributed by atoms with Gasteiger partial charge in [0.25, 0.3) is 0 Å². The number of benzene rings is 1.